The van der Waals surface area contributed by atoms with Gasteiger partial charge in [-0.25, -0.2) is 0 Å². The van der Waals surface area contributed by atoms with Crippen molar-refractivity contribution in [2.75, 3.05) is 4.90 Å². The highest BCUT2D eigenvalue weighted by molar-refractivity contribution is 5.96. The van der Waals surface area contributed by atoms with Crippen LogP contribution < -0.4 is 4.90 Å². The maximum Gasteiger partial charge on any atom is 0.0546 e. The lowest BCUT2D eigenvalue weighted by Crippen LogP contribution is -2.18. The topological polar surface area (TPSA) is 3.24 Å². The normalized spacial score (nSPS) is 15.7. The van der Waals surface area contributed by atoms with E-state index in [1.54, 1.807) is 0 Å². The molecule has 1 nitrogen and oxygen atoms in total. The molecule has 9 rings (SSSR count). The fourth-order valence-corrected chi connectivity index (χ4v) is 9.67. The molecule has 0 N–H and O–H groups in total. The molecule has 0 saturated carbocycles. The summed E-state index contributed by atoms with van der Waals surface area (Å²) in [5.74, 6) is 0. The molecule has 0 spiro atoms. The third-order valence-electron chi connectivity index (χ3n) is 12.1. The van der Waals surface area contributed by atoms with Gasteiger partial charge in [-0.2, -0.15) is 0 Å². The van der Waals surface area contributed by atoms with Crippen molar-refractivity contribution in [3.05, 3.63) is 186 Å². The first-order chi connectivity index (χ1) is 25.5. The van der Waals surface area contributed by atoms with Gasteiger partial charge in [0.1, 0.15) is 0 Å². The Bertz CT molecular complexity index is 2490. The maximum atomic E-state index is 2.57. The van der Waals surface area contributed by atoms with E-state index in [1.165, 1.54) is 66.8 Å². The van der Waals surface area contributed by atoms with Gasteiger partial charge >= 0.3 is 0 Å². The van der Waals surface area contributed by atoms with Gasteiger partial charge in [-0.1, -0.05) is 175 Å². The molecule has 7 aromatic rings. The number of fused-ring (bicyclic) bond motifs is 4. The molecule has 2 aliphatic carbocycles. The second kappa shape index (κ2) is 12.2. The lowest BCUT2D eigenvalue weighted by atomic mass is 9.79. The Morgan fingerprint density at radius 3 is 1.53 bits per heavy atom. The highest BCUT2D eigenvalue weighted by Crippen LogP contribution is 2.57. The highest BCUT2D eigenvalue weighted by atomic mass is 15.1. The zero-order valence-electron chi connectivity index (χ0n) is 31.7. The van der Waals surface area contributed by atoms with E-state index < -0.39 is 0 Å². The minimum absolute atomic E-state index is 0.101. The molecule has 1 heteroatoms. The predicted molar refractivity (Wildman–Crippen MR) is 226 cm³/mol. The van der Waals surface area contributed by atoms with Crippen LogP contribution in [0.15, 0.2) is 164 Å². The van der Waals surface area contributed by atoms with Crippen LogP contribution >= 0.6 is 0 Å². The first-order valence-electron chi connectivity index (χ1n) is 19.1. The van der Waals surface area contributed by atoms with Crippen LogP contribution in [0.1, 0.15) is 70.2 Å². The van der Waals surface area contributed by atoms with Gasteiger partial charge in [0.05, 0.1) is 11.4 Å². The summed E-state index contributed by atoms with van der Waals surface area (Å²) in [6.07, 6.45) is 1.16. The molecule has 260 valence electrons. The summed E-state index contributed by atoms with van der Waals surface area (Å²) in [5, 5.41) is 0. The second-order valence-electron chi connectivity index (χ2n) is 16.9. The van der Waals surface area contributed by atoms with E-state index in [4.69, 9.17) is 0 Å². The molecule has 0 heterocycles. The first-order valence-corrected chi connectivity index (χ1v) is 19.1. The van der Waals surface area contributed by atoms with Crippen molar-refractivity contribution < 1.29 is 0 Å². The summed E-state index contributed by atoms with van der Waals surface area (Å²) >= 11 is 0. The first kappa shape index (κ1) is 33.2. The molecule has 0 radical (unpaired) electrons. The van der Waals surface area contributed by atoms with Crippen LogP contribution in [0.3, 0.4) is 0 Å². The maximum absolute atomic E-state index is 2.57. The Balaban J connectivity index is 1.33. The summed E-state index contributed by atoms with van der Waals surface area (Å²) in [7, 11) is 0. The van der Waals surface area contributed by atoms with Crippen molar-refractivity contribution in [1.29, 1.82) is 0 Å². The smallest absolute Gasteiger partial charge is 0.0546 e. The summed E-state index contributed by atoms with van der Waals surface area (Å²) < 4.78 is 0. The van der Waals surface area contributed by atoms with Gasteiger partial charge in [0.25, 0.3) is 0 Å². The number of hydrogen-bond donors (Lipinski definition) is 0. The van der Waals surface area contributed by atoms with Crippen LogP contribution in [-0.4, -0.2) is 0 Å². The summed E-state index contributed by atoms with van der Waals surface area (Å²) in [6, 6.07) is 60.7. The summed E-state index contributed by atoms with van der Waals surface area (Å²) in [4.78, 5) is 2.52. The molecule has 0 bridgehead atoms. The van der Waals surface area contributed by atoms with Gasteiger partial charge in [0.2, 0.25) is 0 Å². The molecule has 53 heavy (non-hydrogen) atoms. The highest BCUT2D eigenvalue weighted by Gasteiger charge is 2.45. The van der Waals surface area contributed by atoms with Gasteiger partial charge in [-0.3, -0.25) is 0 Å². The fourth-order valence-electron chi connectivity index (χ4n) is 9.67. The summed E-state index contributed by atoms with van der Waals surface area (Å²) in [5.41, 5.74) is 19.4. The van der Waals surface area contributed by atoms with Crippen molar-refractivity contribution in [2.24, 2.45) is 0 Å². The summed E-state index contributed by atoms with van der Waals surface area (Å²) in [6.45, 7) is 14.5. The van der Waals surface area contributed by atoms with Crippen molar-refractivity contribution >= 4 is 17.1 Å². The fraction of sp³-hybridized carbons (Fsp3) is 0.192. The van der Waals surface area contributed by atoms with E-state index in [0.29, 0.717) is 0 Å². The molecule has 0 amide bonds. The van der Waals surface area contributed by atoms with Crippen LogP contribution in [0.4, 0.5) is 17.1 Å². The van der Waals surface area contributed by atoms with E-state index in [1.807, 2.05) is 0 Å². The lowest BCUT2D eigenvalue weighted by molar-refractivity contribution is 0.403. The van der Waals surface area contributed by atoms with Crippen LogP contribution in [0.5, 0.6) is 0 Å². The predicted octanol–water partition coefficient (Wildman–Crippen LogP) is 14.4. The van der Waals surface area contributed by atoms with E-state index in [-0.39, 0.29) is 16.2 Å². The van der Waals surface area contributed by atoms with Crippen molar-refractivity contribution in [2.45, 2.75) is 64.2 Å². The van der Waals surface area contributed by atoms with Gasteiger partial charge in [-0.05, 0) is 103 Å². The number of benzene rings is 7. The van der Waals surface area contributed by atoms with Crippen molar-refractivity contribution in [3.63, 3.8) is 0 Å². The molecular weight excluding hydrogens is 639 g/mol. The minimum Gasteiger partial charge on any atom is -0.309 e. The van der Waals surface area contributed by atoms with Crippen LogP contribution in [-0.2, 0) is 16.2 Å². The Morgan fingerprint density at radius 2 is 0.887 bits per heavy atom. The number of nitrogens with zero attached hydrogens (tertiary/aromatic N) is 1. The van der Waals surface area contributed by atoms with E-state index in [9.17, 15) is 0 Å². The zero-order chi connectivity index (χ0) is 36.5. The largest absolute Gasteiger partial charge is 0.309 e. The second-order valence-corrected chi connectivity index (χ2v) is 16.9. The van der Waals surface area contributed by atoms with Crippen molar-refractivity contribution in [1.82, 2.24) is 0 Å². The zero-order valence-corrected chi connectivity index (χ0v) is 31.7. The molecule has 0 atom stereocenters. The monoisotopic (exact) mass is 685 g/mol. The SMILES string of the molecule is CC1(C)CC(C)(C)c2cc3c(cc21)-c1cc(N(c2ccccc2-c2ccccc2)c2cc(-c4ccccc4)ccc2-c2ccccc2)ccc1C3(C)C. The number of para-hydroxylation sites is 1. The van der Waals surface area contributed by atoms with Crippen LogP contribution in [0.2, 0.25) is 0 Å². The quantitative estimate of drug-likeness (QED) is 0.168. The number of anilines is 3. The molecule has 0 aliphatic heterocycles. The number of hydrogen-bond acceptors (Lipinski definition) is 1. The standard InChI is InChI=1S/C52H47N/c1-50(2)34-51(3,4)47-33-45-43(32-46(47)50)42-31-39(27-29-44(42)52(45,5)6)53(48-25-17-16-24-40(48)36-20-12-8-13-21-36)49-30-38(35-18-10-7-11-19-35)26-28-41(49)37-22-14-9-15-23-37/h7-33H,34H2,1-6H3. The molecule has 0 fully saturated rings. The number of rotatable bonds is 6. The third-order valence-corrected chi connectivity index (χ3v) is 12.1. The lowest BCUT2D eigenvalue weighted by Gasteiger charge is -2.31. The molecule has 7 aromatic carbocycles. The molecule has 2 aliphatic rings. The molecule has 0 aromatic heterocycles. The van der Waals surface area contributed by atoms with E-state index in [2.05, 4.69) is 210 Å². The van der Waals surface area contributed by atoms with Crippen molar-refractivity contribution in [3.8, 4) is 44.5 Å². The van der Waals surface area contributed by atoms with Gasteiger partial charge < -0.3 is 4.90 Å². The molecular formula is C52H47N. The Kier molecular flexibility index (Phi) is 7.65. The third kappa shape index (κ3) is 5.45. The average molecular weight is 686 g/mol. The van der Waals surface area contributed by atoms with Crippen LogP contribution in [0, 0.1) is 0 Å². The van der Waals surface area contributed by atoms with Gasteiger partial charge in [0, 0.05) is 22.2 Å². The Labute approximate surface area is 315 Å². The van der Waals surface area contributed by atoms with E-state index in [0.717, 1.165) is 23.5 Å². The van der Waals surface area contributed by atoms with E-state index >= 15 is 0 Å². The Morgan fingerprint density at radius 1 is 0.358 bits per heavy atom. The average Bonchev–Trinajstić information content (AvgIpc) is 3.51. The Hall–Kier alpha value is -5.66. The van der Waals surface area contributed by atoms with Gasteiger partial charge in [0.15, 0.2) is 0 Å². The molecule has 0 saturated heterocycles. The van der Waals surface area contributed by atoms with Gasteiger partial charge in [-0.15, -0.1) is 0 Å². The van der Waals surface area contributed by atoms with Crippen LogP contribution in [0.25, 0.3) is 44.5 Å². The minimum atomic E-state index is -0.101. The molecule has 0 unspecified atom stereocenters.